The topological polar surface area (TPSA) is 90.4 Å². The van der Waals surface area contributed by atoms with E-state index < -0.39 is 9.84 Å². The van der Waals surface area contributed by atoms with Gasteiger partial charge in [-0.1, -0.05) is 44.2 Å². The molecular weight excluding hydrogens is 374 g/mol. The van der Waals surface area contributed by atoms with E-state index >= 15 is 0 Å². The molecule has 2 rings (SSSR count). The fourth-order valence-electron chi connectivity index (χ4n) is 2.76. The number of imidazole rings is 1. The molecule has 0 bridgehead atoms. The van der Waals surface area contributed by atoms with Gasteiger partial charge in [0.2, 0.25) is 0 Å². The number of sulfone groups is 1. The molecule has 1 aromatic heterocycles. The van der Waals surface area contributed by atoms with E-state index in [1.165, 1.54) is 6.26 Å². The largest absolute Gasteiger partial charge is 0.356 e. The molecule has 1 aromatic carbocycles. The Morgan fingerprint density at radius 3 is 2.57 bits per heavy atom. The molecule has 0 aliphatic heterocycles. The summed E-state index contributed by atoms with van der Waals surface area (Å²) in [6.45, 7) is 5.32. The van der Waals surface area contributed by atoms with Crippen LogP contribution in [0.25, 0.3) is 11.3 Å². The van der Waals surface area contributed by atoms with Crippen LogP contribution >= 0.6 is 0 Å². The van der Waals surface area contributed by atoms with Crippen molar-refractivity contribution in [2.24, 2.45) is 10.4 Å². The molecule has 1 heterocycles. The van der Waals surface area contributed by atoms with Gasteiger partial charge >= 0.3 is 0 Å². The Balaban J connectivity index is 1.93. The number of aromatic amines is 1. The van der Waals surface area contributed by atoms with Crippen LogP contribution in [-0.2, 0) is 16.4 Å². The van der Waals surface area contributed by atoms with Crippen molar-refractivity contribution < 1.29 is 8.42 Å². The third-order valence-electron chi connectivity index (χ3n) is 4.55. The van der Waals surface area contributed by atoms with E-state index in [0.717, 1.165) is 23.0 Å². The average molecular weight is 406 g/mol. The summed E-state index contributed by atoms with van der Waals surface area (Å²) in [6.07, 6.45) is 3.71. The third-order valence-corrected chi connectivity index (χ3v) is 5.49. The fraction of sp³-hybridized carbons (Fsp3) is 0.500. The highest BCUT2D eigenvalue weighted by atomic mass is 32.2. The second-order valence-electron chi connectivity index (χ2n) is 7.91. The lowest BCUT2D eigenvalue weighted by atomic mass is 9.90. The van der Waals surface area contributed by atoms with Gasteiger partial charge in [0.05, 0.1) is 24.2 Å². The number of hydrogen-bond acceptors (Lipinski definition) is 4. The maximum atomic E-state index is 11.4. The molecule has 0 aliphatic rings. The number of aliphatic imine (C=N–C) groups is 1. The lowest BCUT2D eigenvalue weighted by Crippen LogP contribution is -2.43. The molecule has 28 heavy (non-hydrogen) atoms. The number of nitrogens with one attached hydrogen (secondary N) is 2. The summed E-state index contributed by atoms with van der Waals surface area (Å²) in [5.74, 6) is 1.77. The molecule has 154 valence electrons. The molecule has 0 unspecified atom stereocenters. The highest BCUT2D eigenvalue weighted by Gasteiger charge is 2.21. The van der Waals surface area contributed by atoms with E-state index in [9.17, 15) is 8.42 Å². The van der Waals surface area contributed by atoms with Crippen LogP contribution in [0.5, 0.6) is 0 Å². The molecule has 2 aromatic rings. The molecule has 2 N–H and O–H groups in total. The van der Waals surface area contributed by atoms with Gasteiger partial charge in [0, 0.05) is 26.9 Å². The first-order valence-electron chi connectivity index (χ1n) is 9.28. The smallest absolute Gasteiger partial charge is 0.193 e. The Bertz CT molecular complexity index is 888. The first kappa shape index (κ1) is 21.9. The van der Waals surface area contributed by atoms with Gasteiger partial charge in [-0.05, 0) is 17.4 Å². The van der Waals surface area contributed by atoms with E-state index in [1.54, 1.807) is 7.05 Å². The molecule has 0 fully saturated rings. The highest BCUT2D eigenvalue weighted by Crippen LogP contribution is 2.20. The SMILES string of the molecule is CN=C(NCC(C)(C)CCS(C)(=O)=O)N(C)Cc1ncc(-c2ccccc2)[nH]1. The number of H-pyrrole nitrogens is 1. The first-order chi connectivity index (χ1) is 13.1. The van der Waals surface area contributed by atoms with Crippen LogP contribution in [-0.4, -0.2) is 61.9 Å². The van der Waals surface area contributed by atoms with E-state index in [-0.39, 0.29) is 11.2 Å². The van der Waals surface area contributed by atoms with Crippen molar-refractivity contribution in [2.45, 2.75) is 26.8 Å². The van der Waals surface area contributed by atoms with Crippen LogP contribution in [0, 0.1) is 5.41 Å². The van der Waals surface area contributed by atoms with Crippen LogP contribution in [0.4, 0.5) is 0 Å². The maximum absolute atomic E-state index is 11.4. The third kappa shape index (κ3) is 6.99. The van der Waals surface area contributed by atoms with Crippen molar-refractivity contribution in [2.75, 3.05) is 32.6 Å². The van der Waals surface area contributed by atoms with Gasteiger partial charge in [0.15, 0.2) is 5.96 Å². The van der Waals surface area contributed by atoms with E-state index in [2.05, 4.69) is 34.1 Å². The summed E-state index contributed by atoms with van der Waals surface area (Å²) in [6, 6.07) is 10.1. The fourth-order valence-corrected chi connectivity index (χ4v) is 3.68. The monoisotopic (exact) mass is 405 g/mol. The van der Waals surface area contributed by atoms with Crippen LogP contribution < -0.4 is 5.32 Å². The molecule has 7 nitrogen and oxygen atoms in total. The van der Waals surface area contributed by atoms with Crippen LogP contribution in [0.2, 0.25) is 0 Å². The Labute approximate surface area is 168 Å². The molecule has 0 saturated heterocycles. The number of hydrogen-bond donors (Lipinski definition) is 2. The highest BCUT2D eigenvalue weighted by molar-refractivity contribution is 7.90. The summed E-state index contributed by atoms with van der Waals surface area (Å²) in [5, 5.41) is 3.34. The first-order valence-corrected chi connectivity index (χ1v) is 11.3. The number of nitrogens with zero attached hydrogens (tertiary/aromatic N) is 3. The van der Waals surface area contributed by atoms with Crippen LogP contribution in [0.15, 0.2) is 41.5 Å². The summed E-state index contributed by atoms with van der Waals surface area (Å²) >= 11 is 0. The zero-order valence-electron chi connectivity index (χ0n) is 17.4. The number of aromatic nitrogens is 2. The van der Waals surface area contributed by atoms with Gasteiger partial charge in [0.1, 0.15) is 15.7 Å². The van der Waals surface area contributed by atoms with Gasteiger partial charge in [-0.15, -0.1) is 0 Å². The van der Waals surface area contributed by atoms with E-state index in [0.29, 0.717) is 19.5 Å². The molecule has 0 saturated carbocycles. The molecule has 0 aliphatic carbocycles. The minimum Gasteiger partial charge on any atom is -0.356 e. The van der Waals surface area contributed by atoms with Crippen LogP contribution in [0.3, 0.4) is 0 Å². The lowest BCUT2D eigenvalue weighted by Gasteiger charge is -2.28. The Kier molecular flexibility index (Phi) is 7.23. The Morgan fingerprint density at radius 1 is 1.29 bits per heavy atom. The van der Waals surface area contributed by atoms with Gasteiger partial charge in [-0.2, -0.15) is 0 Å². The van der Waals surface area contributed by atoms with Gasteiger partial charge in [-0.25, -0.2) is 13.4 Å². The van der Waals surface area contributed by atoms with Crippen molar-refractivity contribution >= 4 is 15.8 Å². The number of rotatable bonds is 8. The molecule has 0 atom stereocenters. The summed E-state index contributed by atoms with van der Waals surface area (Å²) in [5.41, 5.74) is 1.92. The van der Waals surface area contributed by atoms with Crippen molar-refractivity contribution in [3.8, 4) is 11.3 Å². The van der Waals surface area contributed by atoms with Crippen molar-refractivity contribution in [3.63, 3.8) is 0 Å². The quantitative estimate of drug-likeness (QED) is 0.520. The van der Waals surface area contributed by atoms with Crippen molar-refractivity contribution in [1.29, 1.82) is 0 Å². The summed E-state index contributed by atoms with van der Waals surface area (Å²) < 4.78 is 22.9. The molecular formula is C20H31N5O2S. The number of guanidine groups is 1. The zero-order valence-corrected chi connectivity index (χ0v) is 18.2. The minimum atomic E-state index is -2.96. The normalized spacial score (nSPS) is 12.8. The maximum Gasteiger partial charge on any atom is 0.193 e. The van der Waals surface area contributed by atoms with Gasteiger partial charge in [-0.3, -0.25) is 4.99 Å². The standard InChI is InChI=1S/C20H31N5O2S/c1-20(2,11-12-28(5,26)27)15-23-19(21-3)25(4)14-18-22-13-17(24-18)16-9-7-6-8-10-16/h6-10,13H,11-12,14-15H2,1-5H3,(H,21,23)(H,22,24). The van der Waals surface area contributed by atoms with Crippen LogP contribution in [0.1, 0.15) is 26.1 Å². The van der Waals surface area contributed by atoms with Gasteiger partial charge < -0.3 is 15.2 Å². The van der Waals surface area contributed by atoms with Crippen molar-refractivity contribution in [3.05, 3.63) is 42.4 Å². The lowest BCUT2D eigenvalue weighted by molar-refractivity contribution is 0.340. The second kappa shape index (κ2) is 9.23. The van der Waals surface area contributed by atoms with E-state index in [4.69, 9.17) is 0 Å². The predicted octanol–water partition coefficient (Wildman–Crippen LogP) is 2.54. The minimum absolute atomic E-state index is 0.162. The summed E-state index contributed by atoms with van der Waals surface area (Å²) in [4.78, 5) is 14.1. The zero-order chi connectivity index (χ0) is 20.8. The second-order valence-corrected chi connectivity index (χ2v) is 10.2. The number of benzene rings is 1. The molecule has 0 radical (unpaired) electrons. The average Bonchev–Trinajstić information content (AvgIpc) is 3.09. The molecule has 8 heteroatoms. The molecule has 0 amide bonds. The van der Waals surface area contributed by atoms with Gasteiger partial charge in [0.25, 0.3) is 0 Å². The van der Waals surface area contributed by atoms with E-state index in [1.807, 2.05) is 48.5 Å². The van der Waals surface area contributed by atoms with Crippen molar-refractivity contribution in [1.82, 2.24) is 20.2 Å². The summed E-state index contributed by atoms with van der Waals surface area (Å²) in [7, 11) is 0.724. The Hall–Kier alpha value is -2.35. The molecule has 0 spiro atoms. The predicted molar refractivity (Wildman–Crippen MR) is 115 cm³/mol. The Morgan fingerprint density at radius 2 is 1.96 bits per heavy atom.